The number of nitrogens with zero attached hydrogens (tertiary/aromatic N) is 1. The second-order valence-electron chi connectivity index (χ2n) is 5.00. The van der Waals surface area contributed by atoms with Crippen molar-refractivity contribution in [2.75, 3.05) is 19.6 Å². The molecule has 0 spiro atoms. The van der Waals surface area contributed by atoms with Gasteiger partial charge in [0, 0.05) is 6.54 Å². The summed E-state index contributed by atoms with van der Waals surface area (Å²) in [6.07, 6.45) is 5.05. The molecule has 0 heterocycles. The number of rotatable bonds is 9. The zero-order valence-corrected chi connectivity index (χ0v) is 12.0. The maximum Gasteiger partial charge on any atom is 0.0236 e. The highest BCUT2D eigenvalue weighted by Crippen LogP contribution is 2.11. The quantitative estimate of drug-likeness (QED) is 0.679. The van der Waals surface area contributed by atoms with Gasteiger partial charge in [0.2, 0.25) is 0 Å². The second-order valence-corrected chi connectivity index (χ2v) is 5.00. The maximum absolute atomic E-state index is 5.51. The van der Waals surface area contributed by atoms with Crippen LogP contribution in [0.15, 0.2) is 24.3 Å². The first-order valence-corrected chi connectivity index (χ1v) is 7.24. The summed E-state index contributed by atoms with van der Waals surface area (Å²) in [5, 5.41) is 0. The van der Waals surface area contributed by atoms with E-state index in [1.807, 2.05) is 0 Å². The zero-order chi connectivity index (χ0) is 13.2. The zero-order valence-electron chi connectivity index (χ0n) is 12.0. The Balaban J connectivity index is 2.31. The molecule has 1 aromatic carbocycles. The predicted molar refractivity (Wildman–Crippen MR) is 79.7 cm³/mol. The summed E-state index contributed by atoms with van der Waals surface area (Å²) in [4.78, 5) is 2.53. The van der Waals surface area contributed by atoms with E-state index in [0.717, 1.165) is 19.6 Å². The molecule has 0 aliphatic heterocycles. The van der Waals surface area contributed by atoms with E-state index in [9.17, 15) is 0 Å². The van der Waals surface area contributed by atoms with Crippen LogP contribution >= 0.6 is 0 Å². The van der Waals surface area contributed by atoms with Crippen molar-refractivity contribution in [2.45, 2.75) is 46.1 Å². The molecular weight excluding hydrogens is 220 g/mol. The van der Waals surface area contributed by atoms with Crippen LogP contribution in [0.3, 0.4) is 0 Å². The third-order valence-corrected chi connectivity index (χ3v) is 3.53. The summed E-state index contributed by atoms with van der Waals surface area (Å²) in [6, 6.07) is 8.69. The van der Waals surface area contributed by atoms with Gasteiger partial charge in [0.1, 0.15) is 0 Å². The van der Waals surface area contributed by atoms with E-state index in [2.05, 4.69) is 43.0 Å². The molecule has 0 unspecified atom stereocenters. The molecule has 0 bridgehead atoms. The molecule has 0 aromatic heterocycles. The summed E-state index contributed by atoms with van der Waals surface area (Å²) in [5.41, 5.74) is 8.37. The standard InChI is InChI=1S/C16H28N2/c1-3-18(13-9-5-4-8-12-17)14-16-11-7-6-10-15(16)2/h6-7,10-11H,3-5,8-9,12-14,17H2,1-2H3. The fourth-order valence-corrected chi connectivity index (χ4v) is 2.21. The van der Waals surface area contributed by atoms with Crippen molar-refractivity contribution in [3.8, 4) is 0 Å². The fraction of sp³-hybridized carbons (Fsp3) is 0.625. The number of unbranched alkanes of at least 4 members (excludes halogenated alkanes) is 3. The number of benzene rings is 1. The van der Waals surface area contributed by atoms with Gasteiger partial charge in [-0.25, -0.2) is 0 Å². The van der Waals surface area contributed by atoms with Crippen molar-refractivity contribution in [1.82, 2.24) is 4.90 Å². The SMILES string of the molecule is CCN(CCCCCCN)Cc1ccccc1C. The average molecular weight is 248 g/mol. The van der Waals surface area contributed by atoms with Crippen molar-refractivity contribution in [3.05, 3.63) is 35.4 Å². The van der Waals surface area contributed by atoms with Gasteiger partial charge in [-0.15, -0.1) is 0 Å². The summed E-state index contributed by atoms with van der Waals surface area (Å²) in [7, 11) is 0. The summed E-state index contributed by atoms with van der Waals surface area (Å²) < 4.78 is 0. The molecule has 102 valence electrons. The smallest absolute Gasteiger partial charge is 0.0236 e. The lowest BCUT2D eigenvalue weighted by molar-refractivity contribution is 0.272. The third-order valence-electron chi connectivity index (χ3n) is 3.53. The minimum Gasteiger partial charge on any atom is -0.330 e. The summed E-state index contributed by atoms with van der Waals surface area (Å²) in [5.74, 6) is 0. The van der Waals surface area contributed by atoms with Crippen LogP contribution in [0.1, 0.15) is 43.7 Å². The molecule has 0 saturated carbocycles. The van der Waals surface area contributed by atoms with Gasteiger partial charge in [0.25, 0.3) is 0 Å². The normalized spacial score (nSPS) is 11.1. The van der Waals surface area contributed by atoms with Crippen LogP contribution in [0.4, 0.5) is 0 Å². The van der Waals surface area contributed by atoms with Crippen LogP contribution < -0.4 is 5.73 Å². The molecular formula is C16H28N2. The van der Waals surface area contributed by atoms with Crippen molar-refractivity contribution < 1.29 is 0 Å². The van der Waals surface area contributed by atoms with Gasteiger partial charge in [-0.2, -0.15) is 0 Å². The van der Waals surface area contributed by atoms with Gasteiger partial charge in [-0.1, -0.05) is 44.0 Å². The molecule has 1 aromatic rings. The Labute approximate surface area is 112 Å². The van der Waals surface area contributed by atoms with E-state index in [1.54, 1.807) is 0 Å². The number of nitrogens with two attached hydrogens (primary N) is 1. The first kappa shape index (κ1) is 15.2. The Morgan fingerprint density at radius 1 is 1.06 bits per heavy atom. The third kappa shape index (κ3) is 5.65. The van der Waals surface area contributed by atoms with Crippen LogP contribution in [0, 0.1) is 6.92 Å². The molecule has 2 heteroatoms. The molecule has 1 rings (SSSR count). The molecule has 0 aliphatic carbocycles. The van der Waals surface area contributed by atoms with Crippen LogP contribution in [-0.4, -0.2) is 24.5 Å². The van der Waals surface area contributed by atoms with Crippen LogP contribution in [0.2, 0.25) is 0 Å². The van der Waals surface area contributed by atoms with Gasteiger partial charge >= 0.3 is 0 Å². The molecule has 18 heavy (non-hydrogen) atoms. The van der Waals surface area contributed by atoms with Crippen molar-refractivity contribution in [1.29, 1.82) is 0 Å². The van der Waals surface area contributed by atoms with Gasteiger partial charge in [0.15, 0.2) is 0 Å². The van der Waals surface area contributed by atoms with Crippen LogP contribution in [0.25, 0.3) is 0 Å². The Morgan fingerprint density at radius 3 is 2.44 bits per heavy atom. The predicted octanol–water partition coefficient (Wildman–Crippen LogP) is 3.34. The Bertz CT molecular complexity index is 323. The van der Waals surface area contributed by atoms with Crippen molar-refractivity contribution in [3.63, 3.8) is 0 Å². The number of aryl methyl sites for hydroxylation is 1. The van der Waals surface area contributed by atoms with Crippen molar-refractivity contribution in [2.24, 2.45) is 5.73 Å². The molecule has 0 aliphatic rings. The summed E-state index contributed by atoms with van der Waals surface area (Å²) >= 11 is 0. The molecule has 0 radical (unpaired) electrons. The fourth-order valence-electron chi connectivity index (χ4n) is 2.21. The van der Waals surface area contributed by atoms with Crippen molar-refractivity contribution >= 4 is 0 Å². The number of hydrogen-bond acceptors (Lipinski definition) is 2. The molecule has 0 amide bonds. The largest absolute Gasteiger partial charge is 0.330 e. The van der Waals surface area contributed by atoms with Gasteiger partial charge in [-0.3, -0.25) is 4.90 Å². The lowest BCUT2D eigenvalue weighted by Gasteiger charge is -2.21. The molecule has 0 saturated heterocycles. The lowest BCUT2D eigenvalue weighted by atomic mass is 10.1. The molecule has 0 fully saturated rings. The van der Waals surface area contributed by atoms with E-state index in [1.165, 1.54) is 43.4 Å². The molecule has 0 atom stereocenters. The van der Waals surface area contributed by atoms with Gasteiger partial charge < -0.3 is 5.73 Å². The Kier molecular flexibility index (Phi) is 7.70. The van der Waals surface area contributed by atoms with E-state index in [-0.39, 0.29) is 0 Å². The van der Waals surface area contributed by atoms with Crippen LogP contribution in [0.5, 0.6) is 0 Å². The first-order valence-electron chi connectivity index (χ1n) is 7.24. The Hall–Kier alpha value is -0.860. The van der Waals surface area contributed by atoms with Gasteiger partial charge in [-0.05, 0) is 50.5 Å². The highest BCUT2D eigenvalue weighted by atomic mass is 15.1. The number of hydrogen-bond donors (Lipinski definition) is 1. The van der Waals surface area contributed by atoms with Crippen LogP contribution in [-0.2, 0) is 6.54 Å². The Morgan fingerprint density at radius 2 is 1.78 bits per heavy atom. The van der Waals surface area contributed by atoms with E-state index < -0.39 is 0 Å². The van der Waals surface area contributed by atoms with E-state index in [0.29, 0.717) is 0 Å². The highest BCUT2D eigenvalue weighted by molar-refractivity contribution is 5.25. The lowest BCUT2D eigenvalue weighted by Crippen LogP contribution is -2.24. The molecule has 2 nitrogen and oxygen atoms in total. The topological polar surface area (TPSA) is 29.3 Å². The molecule has 2 N–H and O–H groups in total. The monoisotopic (exact) mass is 248 g/mol. The minimum absolute atomic E-state index is 0.834. The van der Waals surface area contributed by atoms with E-state index >= 15 is 0 Å². The average Bonchev–Trinajstić information content (AvgIpc) is 2.39. The second kappa shape index (κ2) is 9.12. The van der Waals surface area contributed by atoms with E-state index in [4.69, 9.17) is 5.73 Å². The highest BCUT2D eigenvalue weighted by Gasteiger charge is 2.05. The maximum atomic E-state index is 5.51. The van der Waals surface area contributed by atoms with Gasteiger partial charge in [0.05, 0.1) is 0 Å². The first-order chi connectivity index (χ1) is 8.77. The summed E-state index contributed by atoms with van der Waals surface area (Å²) in [6.45, 7) is 8.70. The minimum atomic E-state index is 0.834.